The van der Waals surface area contributed by atoms with E-state index >= 15 is 0 Å². The molecule has 0 spiro atoms. The highest BCUT2D eigenvalue weighted by atomic mass is 16.5. The van der Waals surface area contributed by atoms with Crippen LogP contribution in [0.5, 0.6) is 0 Å². The van der Waals surface area contributed by atoms with E-state index in [1.54, 1.807) is 36.1 Å². The highest BCUT2D eigenvalue weighted by Gasteiger charge is 2.21. The topological polar surface area (TPSA) is 97.4 Å². The molecule has 2 aromatic rings. The quantitative estimate of drug-likeness (QED) is 0.844. The van der Waals surface area contributed by atoms with Gasteiger partial charge in [-0.3, -0.25) is 4.79 Å². The Morgan fingerprint density at radius 3 is 2.58 bits per heavy atom. The van der Waals surface area contributed by atoms with Gasteiger partial charge in [0.1, 0.15) is 5.69 Å². The number of rotatable bonds is 4. The van der Waals surface area contributed by atoms with Gasteiger partial charge in [0, 0.05) is 24.2 Å². The van der Waals surface area contributed by atoms with Gasteiger partial charge in [-0.25, -0.2) is 4.79 Å². The molecule has 0 bridgehead atoms. The first-order chi connectivity index (χ1) is 11.7. The third kappa shape index (κ3) is 3.28. The number of morpholine rings is 1. The predicted octanol–water partition coefficient (Wildman–Crippen LogP) is 1.12. The van der Waals surface area contributed by atoms with Crippen LogP contribution in [0.2, 0.25) is 0 Å². The smallest absolute Gasteiger partial charge is 0.361 e. The minimum Gasteiger partial charge on any atom is -0.461 e. The number of ether oxygens (including phenoxy) is 2. The van der Waals surface area contributed by atoms with Gasteiger partial charge in [0.25, 0.3) is 5.91 Å². The lowest BCUT2D eigenvalue weighted by molar-refractivity contribution is 0.0303. The Hall–Kier alpha value is -2.74. The summed E-state index contributed by atoms with van der Waals surface area (Å²) in [6.45, 7) is 4.30. The van der Waals surface area contributed by atoms with E-state index in [1.165, 1.54) is 0 Å². The molecular weight excluding hydrogens is 312 g/mol. The van der Waals surface area contributed by atoms with E-state index in [0.717, 1.165) is 0 Å². The van der Waals surface area contributed by atoms with Crippen LogP contribution in [0.25, 0.3) is 11.3 Å². The van der Waals surface area contributed by atoms with Crippen LogP contribution in [0.4, 0.5) is 0 Å². The summed E-state index contributed by atoms with van der Waals surface area (Å²) in [6, 6.07) is 6.93. The predicted molar refractivity (Wildman–Crippen MR) is 84.5 cm³/mol. The Morgan fingerprint density at radius 1 is 1.21 bits per heavy atom. The summed E-state index contributed by atoms with van der Waals surface area (Å²) in [4.78, 5) is 26.0. The third-order valence-corrected chi connectivity index (χ3v) is 3.72. The Balaban J connectivity index is 1.79. The Bertz CT molecular complexity index is 720. The molecule has 1 amide bonds. The second kappa shape index (κ2) is 7.22. The standard InChI is InChI=1S/C16H18N4O4/c1-2-24-16(22)14-13(17-19-18-14)11-3-5-12(6-4-11)15(21)20-7-9-23-10-8-20/h3-6H,2,7-10H2,1H3,(H,17,18,19). The number of carbonyl (C=O) groups excluding carboxylic acids is 2. The molecular formula is C16H18N4O4. The molecule has 0 atom stereocenters. The van der Waals surface area contributed by atoms with E-state index in [1.807, 2.05) is 0 Å². The maximum absolute atomic E-state index is 12.4. The molecule has 0 unspecified atom stereocenters. The van der Waals surface area contributed by atoms with Crippen molar-refractivity contribution in [3.05, 3.63) is 35.5 Å². The van der Waals surface area contributed by atoms with Crippen LogP contribution in [0.1, 0.15) is 27.8 Å². The van der Waals surface area contributed by atoms with Crippen molar-refractivity contribution in [1.29, 1.82) is 0 Å². The molecule has 1 saturated heterocycles. The van der Waals surface area contributed by atoms with E-state index in [-0.39, 0.29) is 18.2 Å². The van der Waals surface area contributed by atoms with Crippen LogP contribution < -0.4 is 0 Å². The van der Waals surface area contributed by atoms with Crippen LogP contribution >= 0.6 is 0 Å². The molecule has 3 rings (SSSR count). The first-order valence-electron chi connectivity index (χ1n) is 7.76. The van der Waals surface area contributed by atoms with Crippen molar-refractivity contribution in [2.75, 3.05) is 32.9 Å². The lowest BCUT2D eigenvalue weighted by Crippen LogP contribution is -2.40. The minimum atomic E-state index is -0.533. The molecule has 0 radical (unpaired) electrons. The monoisotopic (exact) mass is 330 g/mol. The van der Waals surface area contributed by atoms with E-state index in [4.69, 9.17) is 9.47 Å². The lowest BCUT2D eigenvalue weighted by Gasteiger charge is -2.26. The number of aromatic amines is 1. The fourth-order valence-corrected chi connectivity index (χ4v) is 2.49. The zero-order chi connectivity index (χ0) is 16.9. The maximum atomic E-state index is 12.4. The molecule has 0 aliphatic carbocycles. The summed E-state index contributed by atoms with van der Waals surface area (Å²) in [5, 5.41) is 10.3. The number of H-pyrrole nitrogens is 1. The highest BCUT2D eigenvalue weighted by molar-refractivity contribution is 5.96. The number of hydrogen-bond acceptors (Lipinski definition) is 6. The average Bonchev–Trinajstić information content (AvgIpc) is 3.12. The third-order valence-electron chi connectivity index (χ3n) is 3.72. The number of nitrogens with zero attached hydrogens (tertiary/aromatic N) is 3. The van der Waals surface area contributed by atoms with E-state index in [9.17, 15) is 9.59 Å². The number of esters is 1. The van der Waals surface area contributed by atoms with Crippen molar-refractivity contribution in [1.82, 2.24) is 20.3 Å². The normalized spacial score (nSPS) is 14.5. The SMILES string of the molecule is CCOC(=O)c1n[nH]nc1-c1ccc(C(=O)N2CCOCC2)cc1. The van der Waals surface area contributed by atoms with Crippen molar-refractivity contribution >= 4 is 11.9 Å². The fraction of sp³-hybridized carbons (Fsp3) is 0.375. The van der Waals surface area contributed by atoms with Crippen molar-refractivity contribution in [3.8, 4) is 11.3 Å². The fourth-order valence-electron chi connectivity index (χ4n) is 2.49. The van der Waals surface area contributed by atoms with Crippen LogP contribution in [0, 0.1) is 0 Å². The van der Waals surface area contributed by atoms with E-state index < -0.39 is 5.97 Å². The first kappa shape index (κ1) is 16.1. The number of hydrogen-bond donors (Lipinski definition) is 1. The van der Waals surface area contributed by atoms with Gasteiger partial charge in [-0.2, -0.15) is 10.3 Å². The number of aromatic nitrogens is 3. The molecule has 1 aliphatic rings. The molecule has 126 valence electrons. The molecule has 1 N–H and O–H groups in total. The summed E-state index contributed by atoms with van der Waals surface area (Å²) in [7, 11) is 0. The number of carbonyl (C=O) groups is 2. The molecule has 1 fully saturated rings. The van der Waals surface area contributed by atoms with Crippen LogP contribution in [0.15, 0.2) is 24.3 Å². The summed E-state index contributed by atoms with van der Waals surface area (Å²) in [5.41, 5.74) is 1.80. The van der Waals surface area contributed by atoms with Crippen molar-refractivity contribution in [2.45, 2.75) is 6.92 Å². The van der Waals surface area contributed by atoms with Crippen LogP contribution in [-0.4, -0.2) is 65.1 Å². The molecule has 1 aromatic heterocycles. The average molecular weight is 330 g/mol. The highest BCUT2D eigenvalue weighted by Crippen LogP contribution is 2.21. The van der Waals surface area contributed by atoms with Gasteiger partial charge in [0.05, 0.1) is 19.8 Å². The van der Waals surface area contributed by atoms with Gasteiger partial charge in [0.15, 0.2) is 5.69 Å². The molecule has 1 aromatic carbocycles. The van der Waals surface area contributed by atoms with Crippen LogP contribution in [-0.2, 0) is 9.47 Å². The molecule has 8 nitrogen and oxygen atoms in total. The second-order valence-corrected chi connectivity index (χ2v) is 5.22. The molecule has 2 heterocycles. The zero-order valence-electron chi connectivity index (χ0n) is 13.3. The minimum absolute atomic E-state index is 0.0318. The molecule has 1 aliphatic heterocycles. The number of nitrogens with one attached hydrogen (secondary N) is 1. The first-order valence-corrected chi connectivity index (χ1v) is 7.76. The molecule has 0 saturated carbocycles. The lowest BCUT2D eigenvalue weighted by atomic mass is 10.1. The van der Waals surface area contributed by atoms with Gasteiger partial charge in [-0.15, -0.1) is 5.10 Å². The molecule has 24 heavy (non-hydrogen) atoms. The Kier molecular flexibility index (Phi) is 4.85. The van der Waals surface area contributed by atoms with Gasteiger partial charge >= 0.3 is 5.97 Å². The van der Waals surface area contributed by atoms with Crippen molar-refractivity contribution in [2.24, 2.45) is 0 Å². The second-order valence-electron chi connectivity index (χ2n) is 5.22. The van der Waals surface area contributed by atoms with Gasteiger partial charge in [0.2, 0.25) is 0 Å². The zero-order valence-corrected chi connectivity index (χ0v) is 13.3. The van der Waals surface area contributed by atoms with Gasteiger partial charge in [-0.1, -0.05) is 12.1 Å². The summed E-state index contributed by atoms with van der Waals surface area (Å²) in [5.74, 6) is -0.565. The number of amides is 1. The van der Waals surface area contributed by atoms with Crippen LogP contribution in [0.3, 0.4) is 0 Å². The summed E-state index contributed by atoms with van der Waals surface area (Å²) in [6.07, 6.45) is 0. The van der Waals surface area contributed by atoms with Crippen molar-refractivity contribution < 1.29 is 19.1 Å². The largest absolute Gasteiger partial charge is 0.461 e. The molecule has 8 heteroatoms. The van der Waals surface area contributed by atoms with Gasteiger partial charge in [-0.05, 0) is 19.1 Å². The summed E-state index contributed by atoms with van der Waals surface area (Å²) < 4.78 is 10.2. The Labute approximate surface area is 138 Å². The number of benzene rings is 1. The Morgan fingerprint density at radius 2 is 1.92 bits per heavy atom. The van der Waals surface area contributed by atoms with Crippen molar-refractivity contribution in [3.63, 3.8) is 0 Å². The van der Waals surface area contributed by atoms with Gasteiger partial charge < -0.3 is 14.4 Å². The van der Waals surface area contributed by atoms with E-state index in [2.05, 4.69) is 15.4 Å². The summed E-state index contributed by atoms with van der Waals surface area (Å²) >= 11 is 0. The van der Waals surface area contributed by atoms with E-state index in [0.29, 0.717) is 43.1 Å². The maximum Gasteiger partial charge on any atom is 0.361 e.